The highest BCUT2D eigenvalue weighted by Gasteiger charge is 2.20. The molecule has 0 atom stereocenters. The molecule has 0 saturated heterocycles. The zero-order chi connectivity index (χ0) is 11.5. The fraction of sp³-hybridized carbons (Fsp3) is 0.417. The topological polar surface area (TPSA) is 17.1 Å². The summed E-state index contributed by atoms with van der Waals surface area (Å²) in [5.74, 6) is 0.396. The molecule has 0 saturated carbocycles. The standard InChI is InChI=1S/C12H15FOS/c1-12(2,3)11(14)8-15-10-6-4-9(13)5-7-10/h4-7H,8H2,1-3H3. The molecule has 1 nitrogen and oxygen atoms in total. The van der Waals surface area contributed by atoms with Gasteiger partial charge in [-0.1, -0.05) is 20.8 Å². The Bertz CT molecular complexity index is 338. The summed E-state index contributed by atoms with van der Waals surface area (Å²) in [5.41, 5.74) is -0.299. The van der Waals surface area contributed by atoms with E-state index in [1.54, 1.807) is 12.1 Å². The maximum Gasteiger partial charge on any atom is 0.148 e. The van der Waals surface area contributed by atoms with Crippen LogP contribution in [0.15, 0.2) is 29.2 Å². The van der Waals surface area contributed by atoms with E-state index in [0.717, 1.165) is 4.90 Å². The highest BCUT2D eigenvalue weighted by Crippen LogP contribution is 2.23. The summed E-state index contributed by atoms with van der Waals surface area (Å²) in [6, 6.07) is 6.19. The minimum Gasteiger partial charge on any atom is -0.298 e. The third kappa shape index (κ3) is 4.04. The van der Waals surface area contributed by atoms with E-state index in [9.17, 15) is 9.18 Å². The van der Waals surface area contributed by atoms with Crippen molar-refractivity contribution in [2.75, 3.05) is 5.75 Å². The zero-order valence-electron chi connectivity index (χ0n) is 9.21. The molecule has 0 amide bonds. The predicted molar refractivity (Wildman–Crippen MR) is 61.6 cm³/mol. The third-order valence-corrected chi connectivity index (χ3v) is 3.03. The number of benzene rings is 1. The van der Waals surface area contributed by atoms with Crippen LogP contribution in [0.2, 0.25) is 0 Å². The van der Waals surface area contributed by atoms with Gasteiger partial charge in [0.05, 0.1) is 5.75 Å². The normalized spacial score (nSPS) is 11.5. The lowest BCUT2D eigenvalue weighted by Crippen LogP contribution is -2.21. The lowest BCUT2D eigenvalue weighted by Gasteiger charge is -2.15. The fourth-order valence-corrected chi connectivity index (χ4v) is 1.96. The van der Waals surface area contributed by atoms with Crippen LogP contribution in [0.1, 0.15) is 20.8 Å². The number of hydrogen-bond donors (Lipinski definition) is 0. The van der Waals surface area contributed by atoms with Crippen molar-refractivity contribution in [2.24, 2.45) is 5.41 Å². The van der Waals surface area contributed by atoms with Gasteiger partial charge >= 0.3 is 0 Å². The highest BCUT2D eigenvalue weighted by atomic mass is 32.2. The lowest BCUT2D eigenvalue weighted by molar-refractivity contribution is -0.123. The second kappa shape index (κ2) is 4.79. The predicted octanol–water partition coefficient (Wildman–Crippen LogP) is 3.53. The summed E-state index contributed by atoms with van der Waals surface area (Å²) in [6.45, 7) is 5.71. The molecule has 0 fully saturated rings. The maximum absolute atomic E-state index is 12.6. The van der Waals surface area contributed by atoms with Crippen molar-refractivity contribution in [3.8, 4) is 0 Å². The van der Waals surface area contributed by atoms with Gasteiger partial charge in [-0.05, 0) is 24.3 Å². The molecule has 0 heterocycles. The number of carbonyl (C=O) groups excluding carboxylic acids is 1. The van der Waals surface area contributed by atoms with Crippen molar-refractivity contribution in [2.45, 2.75) is 25.7 Å². The van der Waals surface area contributed by atoms with E-state index in [1.165, 1.54) is 23.9 Å². The molecule has 3 heteroatoms. The first-order valence-corrected chi connectivity index (χ1v) is 5.80. The molecule has 0 aliphatic heterocycles. The Morgan fingerprint density at radius 1 is 1.27 bits per heavy atom. The molecule has 0 unspecified atom stereocenters. The van der Waals surface area contributed by atoms with E-state index in [0.29, 0.717) is 5.75 Å². The first kappa shape index (κ1) is 12.2. The van der Waals surface area contributed by atoms with Crippen LogP contribution in [0, 0.1) is 11.2 Å². The molecule has 1 rings (SSSR count). The Morgan fingerprint density at radius 2 is 1.80 bits per heavy atom. The Labute approximate surface area is 94.1 Å². The van der Waals surface area contributed by atoms with Crippen LogP contribution in [0.25, 0.3) is 0 Å². The van der Waals surface area contributed by atoms with E-state index in [4.69, 9.17) is 0 Å². The zero-order valence-corrected chi connectivity index (χ0v) is 10.0. The van der Waals surface area contributed by atoms with Gasteiger partial charge < -0.3 is 0 Å². The van der Waals surface area contributed by atoms with E-state index in [2.05, 4.69) is 0 Å². The van der Waals surface area contributed by atoms with Crippen LogP contribution in [0.3, 0.4) is 0 Å². The molecule has 0 aliphatic carbocycles. The van der Waals surface area contributed by atoms with Gasteiger partial charge in [0.1, 0.15) is 11.6 Å². The third-order valence-electron chi connectivity index (χ3n) is 2.02. The molecule has 15 heavy (non-hydrogen) atoms. The van der Waals surface area contributed by atoms with Gasteiger partial charge in [0, 0.05) is 10.3 Å². The summed E-state index contributed by atoms with van der Waals surface area (Å²) >= 11 is 1.45. The van der Waals surface area contributed by atoms with Crippen LogP contribution < -0.4 is 0 Å². The van der Waals surface area contributed by atoms with Crippen molar-refractivity contribution in [1.29, 1.82) is 0 Å². The molecular weight excluding hydrogens is 211 g/mol. The summed E-state index contributed by atoms with van der Waals surface area (Å²) < 4.78 is 12.6. The van der Waals surface area contributed by atoms with E-state index < -0.39 is 0 Å². The van der Waals surface area contributed by atoms with Crippen molar-refractivity contribution >= 4 is 17.5 Å². The summed E-state index contributed by atoms with van der Waals surface area (Å²) in [4.78, 5) is 12.5. The van der Waals surface area contributed by atoms with Crippen LogP contribution in [0.4, 0.5) is 4.39 Å². The van der Waals surface area contributed by atoms with Gasteiger partial charge in [-0.15, -0.1) is 11.8 Å². The SMILES string of the molecule is CC(C)(C)C(=O)CSc1ccc(F)cc1. The van der Waals surface area contributed by atoms with Crippen molar-refractivity contribution < 1.29 is 9.18 Å². The molecule has 1 aromatic rings. The second-order valence-electron chi connectivity index (χ2n) is 4.42. The van der Waals surface area contributed by atoms with Crippen molar-refractivity contribution in [3.05, 3.63) is 30.1 Å². The summed E-state index contributed by atoms with van der Waals surface area (Å²) in [5, 5.41) is 0. The van der Waals surface area contributed by atoms with Crippen LogP contribution in [-0.4, -0.2) is 11.5 Å². The number of thioether (sulfide) groups is 1. The largest absolute Gasteiger partial charge is 0.298 e. The van der Waals surface area contributed by atoms with Gasteiger partial charge in [-0.25, -0.2) is 4.39 Å². The van der Waals surface area contributed by atoms with Gasteiger partial charge in [-0.2, -0.15) is 0 Å². The Kier molecular flexibility index (Phi) is 3.91. The van der Waals surface area contributed by atoms with Gasteiger partial charge in [0.15, 0.2) is 0 Å². The first-order valence-electron chi connectivity index (χ1n) is 4.81. The average Bonchev–Trinajstić information content (AvgIpc) is 2.15. The molecule has 0 radical (unpaired) electrons. The molecule has 82 valence electrons. The monoisotopic (exact) mass is 226 g/mol. The highest BCUT2D eigenvalue weighted by molar-refractivity contribution is 8.00. The van der Waals surface area contributed by atoms with E-state index in [-0.39, 0.29) is 17.0 Å². The van der Waals surface area contributed by atoms with Crippen LogP contribution >= 0.6 is 11.8 Å². The second-order valence-corrected chi connectivity index (χ2v) is 5.46. The minimum absolute atomic E-state index is 0.205. The number of rotatable bonds is 3. The quantitative estimate of drug-likeness (QED) is 0.733. The molecule has 1 aromatic carbocycles. The smallest absolute Gasteiger partial charge is 0.148 e. The number of Topliss-reactive ketones (excluding diaryl/α,β-unsaturated/α-hetero) is 1. The van der Waals surface area contributed by atoms with Crippen LogP contribution in [0.5, 0.6) is 0 Å². The van der Waals surface area contributed by atoms with Crippen LogP contribution in [-0.2, 0) is 4.79 Å². The maximum atomic E-state index is 12.6. The average molecular weight is 226 g/mol. The molecule has 0 bridgehead atoms. The molecular formula is C12H15FOS. The Morgan fingerprint density at radius 3 is 2.27 bits per heavy atom. The van der Waals surface area contributed by atoms with Gasteiger partial charge in [0.2, 0.25) is 0 Å². The number of hydrogen-bond acceptors (Lipinski definition) is 2. The number of halogens is 1. The Hall–Kier alpha value is -0.830. The minimum atomic E-state index is -0.299. The van der Waals surface area contributed by atoms with Gasteiger partial charge in [-0.3, -0.25) is 4.79 Å². The number of ketones is 1. The molecule has 0 N–H and O–H groups in total. The molecule has 0 spiro atoms. The van der Waals surface area contributed by atoms with E-state index >= 15 is 0 Å². The van der Waals surface area contributed by atoms with Crippen molar-refractivity contribution in [3.63, 3.8) is 0 Å². The first-order chi connectivity index (χ1) is 6.89. The summed E-state index contributed by atoms with van der Waals surface area (Å²) in [6.07, 6.45) is 0. The van der Waals surface area contributed by atoms with Gasteiger partial charge in [0.25, 0.3) is 0 Å². The van der Waals surface area contributed by atoms with E-state index in [1.807, 2.05) is 20.8 Å². The van der Waals surface area contributed by atoms with Crippen molar-refractivity contribution in [1.82, 2.24) is 0 Å². The number of carbonyl (C=O) groups is 1. The molecule has 0 aromatic heterocycles. The fourth-order valence-electron chi connectivity index (χ4n) is 0.896. The lowest BCUT2D eigenvalue weighted by atomic mass is 9.92. The molecule has 0 aliphatic rings. The summed E-state index contributed by atoms with van der Waals surface area (Å²) in [7, 11) is 0. The Balaban J connectivity index is 2.51.